The van der Waals surface area contributed by atoms with Gasteiger partial charge in [-0.25, -0.2) is 9.37 Å². The first kappa shape index (κ1) is 23.6. The van der Waals surface area contributed by atoms with Gasteiger partial charge >= 0.3 is 0 Å². The van der Waals surface area contributed by atoms with Crippen LogP contribution < -0.4 is 0 Å². The molecule has 31 heavy (non-hydrogen) atoms. The molecule has 7 heteroatoms. The van der Waals surface area contributed by atoms with E-state index in [0.29, 0.717) is 26.7 Å². The Labute approximate surface area is 193 Å². The molecule has 0 fully saturated rings. The number of aliphatic hydroxyl groups excluding tert-OH is 1. The third-order valence-electron chi connectivity index (χ3n) is 6.62. The summed E-state index contributed by atoms with van der Waals surface area (Å²) in [4.78, 5) is 4.00. The van der Waals surface area contributed by atoms with Gasteiger partial charge in [0.1, 0.15) is 23.7 Å². The fraction of sp³-hybridized carbons (Fsp3) is 0.417. The molecule has 164 valence electrons. The van der Waals surface area contributed by atoms with Gasteiger partial charge in [-0.05, 0) is 56.9 Å². The molecular weight excluding hydrogens is 473 g/mol. The van der Waals surface area contributed by atoms with Crippen LogP contribution >= 0.6 is 15.9 Å². The van der Waals surface area contributed by atoms with Crippen LogP contribution in [0.1, 0.15) is 64.5 Å². The van der Waals surface area contributed by atoms with E-state index in [0.717, 1.165) is 10.9 Å². The van der Waals surface area contributed by atoms with Crippen LogP contribution in [0.4, 0.5) is 4.39 Å². The number of hydrogen-bond acceptors (Lipinski definition) is 3. The van der Waals surface area contributed by atoms with E-state index in [4.69, 9.17) is 0 Å². The number of nitriles is 1. The van der Waals surface area contributed by atoms with Gasteiger partial charge in [-0.2, -0.15) is 5.26 Å². The number of halogens is 2. The summed E-state index contributed by atoms with van der Waals surface area (Å²) in [6.07, 6.45) is 2.27. The SMILES string of the molecule is CC(C)[Si](C(C)C)(C(C)C)n1ccc2c(Br)c(C(O)c3cccnc3C#N)c(F)cc21. The number of hydrogen-bond donors (Lipinski definition) is 1. The van der Waals surface area contributed by atoms with Crippen LogP contribution in [0, 0.1) is 17.1 Å². The maximum atomic E-state index is 15.5. The smallest absolute Gasteiger partial charge is 0.169 e. The van der Waals surface area contributed by atoms with Gasteiger partial charge in [-0.15, -0.1) is 0 Å². The van der Waals surface area contributed by atoms with Crippen molar-refractivity contribution in [1.29, 1.82) is 5.26 Å². The van der Waals surface area contributed by atoms with Crippen molar-refractivity contribution in [1.82, 2.24) is 9.22 Å². The molecule has 2 aromatic heterocycles. The molecule has 0 aliphatic rings. The number of nitrogens with zero attached hydrogens (tertiary/aromatic N) is 3. The maximum Gasteiger partial charge on any atom is 0.169 e. The summed E-state index contributed by atoms with van der Waals surface area (Å²) in [5.41, 5.74) is 2.73. The van der Waals surface area contributed by atoms with Crippen LogP contribution in [0.25, 0.3) is 10.9 Å². The number of pyridine rings is 1. The van der Waals surface area contributed by atoms with Crippen molar-refractivity contribution in [3.05, 3.63) is 63.8 Å². The summed E-state index contributed by atoms with van der Waals surface area (Å²) in [7, 11) is -2.07. The first-order valence-electron chi connectivity index (χ1n) is 10.6. The number of benzene rings is 1. The molecule has 0 saturated heterocycles. The van der Waals surface area contributed by atoms with Crippen LogP contribution in [0.3, 0.4) is 0 Å². The lowest BCUT2D eigenvalue weighted by atomic mass is 9.98. The van der Waals surface area contributed by atoms with E-state index in [1.165, 1.54) is 12.3 Å². The molecule has 0 aliphatic heterocycles. The minimum atomic E-state index is -2.07. The van der Waals surface area contributed by atoms with Gasteiger partial charge in [0.05, 0.1) is 0 Å². The fourth-order valence-electron chi connectivity index (χ4n) is 5.54. The zero-order valence-electron chi connectivity index (χ0n) is 18.8. The van der Waals surface area contributed by atoms with Crippen molar-refractivity contribution in [2.45, 2.75) is 64.3 Å². The first-order chi connectivity index (χ1) is 14.6. The van der Waals surface area contributed by atoms with E-state index in [1.807, 2.05) is 12.1 Å². The monoisotopic (exact) mass is 501 g/mol. The molecule has 0 aliphatic carbocycles. The average Bonchev–Trinajstić information content (AvgIpc) is 3.11. The number of rotatable bonds is 6. The highest BCUT2D eigenvalue weighted by molar-refractivity contribution is 9.10. The molecule has 1 unspecified atom stereocenters. The van der Waals surface area contributed by atoms with Gasteiger partial charge in [0.25, 0.3) is 0 Å². The van der Waals surface area contributed by atoms with Gasteiger partial charge in [-0.3, -0.25) is 0 Å². The average molecular weight is 503 g/mol. The van der Waals surface area contributed by atoms with Crippen molar-refractivity contribution in [3.8, 4) is 6.07 Å². The second-order valence-electron chi connectivity index (χ2n) is 9.01. The second kappa shape index (κ2) is 8.85. The Morgan fingerprint density at radius 2 is 1.74 bits per heavy atom. The molecule has 0 amide bonds. The first-order valence-corrected chi connectivity index (χ1v) is 13.6. The molecule has 0 spiro atoms. The van der Waals surface area contributed by atoms with Crippen LogP contribution in [0.5, 0.6) is 0 Å². The lowest BCUT2D eigenvalue weighted by Crippen LogP contribution is -2.51. The van der Waals surface area contributed by atoms with Crippen molar-refractivity contribution >= 4 is 35.1 Å². The Morgan fingerprint density at radius 1 is 1.13 bits per heavy atom. The normalized spacial score (nSPS) is 13.4. The highest BCUT2D eigenvalue weighted by Gasteiger charge is 2.46. The molecule has 3 rings (SSSR count). The predicted octanol–water partition coefficient (Wildman–Crippen LogP) is 6.91. The standard InChI is InChI=1S/C24H29BrFN3OSi/c1-14(2)31(15(3)4,16(5)6)29-11-9-18-21(29)12-19(26)22(23(18)25)24(30)17-8-7-10-28-20(17)13-27/h7-12,14-16,24,30H,1-6H3. The quantitative estimate of drug-likeness (QED) is 0.373. The third-order valence-corrected chi connectivity index (χ3v) is 14.3. The van der Waals surface area contributed by atoms with E-state index in [9.17, 15) is 10.4 Å². The van der Waals surface area contributed by atoms with Gasteiger partial charge in [0.2, 0.25) is 0 Å². The Hall–Kier alpha value is -2.01. The molecule has 1 N–H and O–H groups in total. The van der Waals surface area contributed by atoms with Crippen LogP contribution in [-0.4, -0.2) is 22.6 Å². The summed E-state index contributed by atoms with van der Waals surface area (Å²) in [5.74, 6) is -0.501. The van der Waals surface area contributed by atoms with Crippen molar-refractivity contribution < 1.29 is 9.50 Å². The largest absolute Gasteiger partial charge is 0.383 e. The lowest BCUT2D eigenvalue weighted by molar-refractivity contribution is 0.213. The second-order valence-corrected chi connectivity index (χ2v) is 15.5. The zero-order valence-corrected chi connectivity index (χ0v) is 21.4. The lowest BCUT2D eigenvalue weighted by Gasteiger charge is -2.44. The van der Waals surface area contributed by atoms with Crippen molar-refractivity contribution in [2.24, 2.45) is 0 Å². The van der Waals surface area contributed by atoms with E-state index in [2.05, 4.69) is 72.9 Å². The van der Waals surface area contributed by atoms with Gasteiger partial charge in [0, 0.05) is 32.7 Å². The number of fused-ring (bicyclic) bond motifs is 1. The maximum absolute atomic E-state index is 15.5. The zero-order chi connectivity index (χ0) is 23.1. The molecule has 0 saturated carbocycles. The molecule has 1 aromatic carbocycles. The van der Waals surface area contributed by atoms with E-state index < -0.39 is 20.2 Å². The summed E-state index contributed by atoms with van der Waals surface area (Å²) in [5, 5.41) is 21.2. The minimum absolute atomic E-state index is 0.0878. The Morgan fingerprint density at radius 3 is 2.29 bits per heavy atom. The van der Waals surface area contributed by atoms with Crippen molar-refractivity contribution in [2.75, 3.05) is 0 Å². The molecule has 1 atom stereocenters. The van der Waals surface area contributed by atoms with Gasteiger partial charge in [0.15, 0.2) is 8.24 Å². The van der Waals surface area contributed by atoms with Crippen LogP contribution in [0.15, 0.2) is 41.1 Å². The molecule has 4 nitrogen and oxygen atoms in total. The molecular formula is C24H29BrFN3OSi. The topological polar surface area (TPSA) is 61.8 Å². The highest BCUT2D eigenvalue weighted by atomic mass is 79.9. The van der Waals surface area contributed by atoms with E-state index in [1.54, 1.807) is 12.1 Å². The third kappa shape index (κ3) is 3.65. The molecule has 0 radical (unpaired) electrons. The van der Waals surface area contributed by atoms with Gasteiger partial charge in [-0.1, -0.05) is 47.6 Å². The number of aromatic nitrogens is 2. The Bertz CT molecular complexity index is 1130. The summed E-state index contributed by atoms with van der Waals surface area (Å²) in [6, 6.07) is 8.75. The summed E-state index contributed by atoms with van der Waals surface area (Å²) < 4.78 is 18.4. The molecule has 0 bridgehead atoms. The van der Waals surface area contributed by atoms with Crippen LogP contribution in [-0.2, 0) is 0 Å². The van der Waals surface area contributed by atoms with Crippen molar-refractivity contribution in [3.63, 3.8) is 0 Å². The Balaban J connectivity index is 2.28. The summed E-state index contributed by atoms with van der Waals surface area (Å²) >= 11 is 3.57. The predicted molar refractivity (Wildman–Crippen MR) is 129 cm³/mol. The molecule has 2 heterocycles. The minimum Gasteiger partial charge on any atom is -0.383 e. The summed E-state index contributed by atoms with van der Waals surface area (Å²) in [6.45, 7) is 13.6. The highest BCUT2D eigenvalue weighted by Crippen LogP contribution is 2.46. The molecule has 3 aromatic rings. The van der Waals surface area contributed by atoms with E-state index in [-0.39, 0.29) is 11.3 Å². The number of aliphatic hydroxyl groups is 1. The van der Waals surface area contributed by atoms with Gasteiger partial charge < -0.3 is 9.34 Å². The Kier molecular flexibility index (Phi) is 6.75. The fourth-order valence-corrected chi connectivity index (χ4v) is 12.9. The van der Waals surface area contributed by atoms with Crippen LogP contribution in [0.2, 0.25) is 16.6 Å². The van der Waals surface area contributed by atoms with E-state index >= 15 is 4.39 Å².